The molecule has 0 spiro atoms. The van der Waals surface area contributed by atoms with Gasteiger partial charge in [0.15, 0.2) is 0 Å². The maximum atomic E-state index is 8.55. The molecule has 0 rings (SSSR count). The number of phosphoric acid groups is 1. The first-order valence-corrected chi connectivity index (χ1v) is 16.2. The quantitative estimate of drug-likeness (QED) is 0.0672. The number of rotatable bonds is 26. The molecule has 0 bridgehead atoms. The number of hydrogen-bond donors (Lipinski definition) is 0. The van der Waals surface area contributed by atoms with Crippen molar-refractivity contribution in [2.24, 2.45) is 0 Å². The minimum atomic E-state index is -5.39. The Morgan fingerprint density at radius 1 is 0.405 bits per heavy atom. The van der Waals surface area contributed by atoms with E-state index in [1.807, 2.05) is 0 Å². The van der Waals surface area contributed by atoms with E-state index in [2.05, 4.69) is 13.8 Å². The summed E-state index contributed by atoms with van der Waals surface area (Å²) in [6, 6.07) is 0. The fourth-order valence-electron chi connectivity index (χ4n) is 4.19. The summed E-state index contributed by atoms with van der Waals surface area (Å²) in [4.78, 5) is 25.6. The molecular weight excluding hydrogens is 565 g/mol. The predicted octanol–water partition coefficient (Wildman–Crippen LogP) is -1.41. The van der Waals surface area contributed by atoms with E-state index in [4.69, 9.17) is 24.0 Å². The van der Waals surface area contributed by atoms with Crippen LogP contribution in [0.15, 0.2) is 0 Å². The van der Waals surface area contributed by atoms with Gasteiger partial charge in [0.2, 0.25) is 0 Å². The molecule has 0 amide bonds. The Balaban J connectivity index is -0.000000387. The molecule has 0 aromatic carbocycles. The molecule has 0 fully saturated rings. The molecule has 0 aliphatic rings. The number of unbranched alkanes of at least 4 members (excludes halogenated alkanes) is 22. The van der Waals surface area contributed by atoms with Crippen LogP contribution in [-0.2, 0) is 9.30 Å². The SMILES string of the molecule is CCCCCCCCCCCCCCOCCCCCCCCCCCCCC.O=P([O-])([O-])[O-].[K+].[K+].[K+]. The molecule has 0 atom stereocenters. The molecule has 0 aromatic heterocycles. The average molecular weight is 623 g/mol. The van der Waals surface area contributed by atoms with Crippen molar-refractivity contribution < 1.29 is 178 Å². The Hall–Kier alpha value is 4.98. The Labute approximate surface area is 359 Å². The van der Waals surface area contributed by atoms with Crippen LogP contribution in [-0.4, -0.2) is 13.2 Å². The Bertz CT molecular complexity index is 381. The van der Waals surface area contributed by atoms with Crippen molar-refractivity contribution in [1.82, 2.24) is 0 Å². The minimum Gasteiger partial charge on any atom is -0.822 e. The average Bonchev–Trinajstić information content (AvgIpc) is 2.78. The smallest absolute Gasteiger partial charge is 0.822 e. The van der Waals surface area contributed by atoms with Gasteiger partial charge in [0, 0.05) is 13.2 Å². The van der Waals surface area contributed by atoms with E-state index in [0.717, 1.165) is 13.2 Å². The zero-order valence-electron chi connectivity index (χ0n) is 25.9. The van der Waals surface area contributed by atoms with Crippen LogP contribution in [0.1, 0.15) is 168 Å². The monoisotopic (exact) mass is 622 g/mol. The molecule has 5 nitrogen and oxygen atoms in total. The first-order chi connectivity index (χ1) is 16.4. The second kappa shape index (κ2) is 45.4. The van der Waals surface area contributed by atoms with E-state index in [1.54, 1.807) is 0 Å². The first-order valence-electron chi connectivity index (χ1n) is 14.7. The number of ether oxygens (including phenoxy) is 1. The van der Waals surface area contributed by atoms with E-state index in [-0.39, 0.29) is 154 Å². The van der Waals surface area contributed by atoms with Gasteiger partial charge in [-0.15, -0.1) is 0 Å². The fourth-order valence-corrected chi connectivity index (χ4v) is 4.19. The Morgan fingerprint density at radius 2 is 0.568 bits per heavy atom. The molecule has 0 N–H and O–H groups in total. The van der Waals surface area contributed by atoms with Gasteiger partial charge < -0.3 is 24.0 Å². The summed E-state index contributed by atoms with van der Waals surface area (Å²) in [5.74, 6) is 0. The maximum absolute atomic E-state index is 8.55. The van der Waals surface area contributed by atoms with Crippen LogP contribution in [0.4, 0.5) is 0 Å². The fraction of sp³-hybridized carbons (Fsp3) is 1.00. The van der Waals surface area contributed by atoms with Gasteiger partial charge in [-0.05, 0) is 12.8 Å². The summed E-state index contributed by atoms with van der Waals surface area (Å²) in [6.07, 6.45) is 34.1. The van der Waals surface area contributed by atoms with Crippen molar-refractivity contribution in [2.45, 2.75) is 168 Å². The van der Waals surface area contributed by atoms with Gasteiger partial charge in [-0.3, -0.25) is 0 Å². The summed E-state index contributed by atoms with van der Waals surface area (Å²) >= 11 is 0. The van der Waals surface area contributed by atoms with Crippen molar-refractivity contribution in [2.75, 3.05) is 13.2 Å². The van der Waals surface area contributed by atoms with Crippen LogP contribution >= 0.6 is 7.82 Å². The normalized spacial score (nSPS) is 10.5. The molecule has 0 saturated heterocycles. The van der Waals surface area contributed by atoms with Crippen molar-refractivity contribution in [3.8, 4) is 0 Å². The minimum absolute atomic E-state index is 0. The molecule has 0 aliphatic heterocycles. The summed E-state index contributed by atoms with van der Waals surface area (Å²) in [7, 11) is -5.39. The van der Waals surface area contributed by atoms with E-state index < -0.39 is 7.82 Å². The topological polar surface area (TPSA) is 95.5 Å². The third kappa shape index (κ3) is 64.9. The Kier molecular flexibility index (Phi) is 63.3. The van der Waals surface area contributed by atoms with Crippen LogP contribution < -0.4 is 169 Å². The molecule has 0 aliphatic carbocycles. The largest absolute Gasteiger partial charge is 1.00 e. The van der Waals surface area contributed by atoms with E-state index in [9.17, 15) is 0 Å². The van der Waals surface area contributed by atoms with E-state index >= 15 is 0 Å². The summed E-state index contributed by atoms with van der Waals surface area (Å²) < 4.78 is 14.4. The van der Waals surface area contributed by atoms with Gasteiger partial charge >= 0.3 is 154 Å². The number of hydrogen-bond acceptors (Lipinski definition) is 5. The molecule has 0 heterocycles. The van der Waals surface area contributed by atoms with Crippen molar-refractivity contribution in [3.05, 3.63) is 0 Å². The van der Waals surface area contributed by atoms with Crippen molar-refractivity contribution in [3.63, 3.8) is 0 Å². The van der Waals surface area contributed by atoms with Crippen LogP contribution in [0.5, 0.6) is 0 Å². The van der Waals surface area contributed by atoms with Crippen LogP contribution in [0, 0.1) is 0 Å². The van der Waals surface area contributed by atoms with Crippen LogP contribution in [0.3, 0.4) is 0 Å². The van der Waals surface area contributed by atoms with Gasteiger partial charge in [0.1, 0.15) is 0 Å². The second-order valence-corrected chi connectivity index (χ2v) is 10.7. The molecule has 0 aromatic rings. The van der Waals surface area contributed by atoms with Crippen molar-refractivity contribution >= 4 is 7.82 Å². The summed E-state index contributed by atoms with van der Waals surface area (Å²) in [6.45, 7) is 6.58. The predicted molar refractivity (Wildman–Crippen MR) is 141 cm³/mol. The van der Waals surface area contributed by atoms with E-state index in [1.165, 1.54) is 154 Å². The molecule has 0 saturated carbocycles. The van der Waals surface area contributed by atoms with Gasteiger partial charge in [-0.25, -0.2) is 0 Å². The molecule has 0 radical (unpaired) electrons. The molecular formula is C28H58K3O5P. The van der Waals surface area contributed by atoms with Crippen LogP contribution in [0.2, 0.25) is 0 Å². The van der Waals surface area contributed by atoms with Gasteiger partial charge in [0.25, 0.3) is 0 Å². The molecule has 208 valence electrons. The third-order valence-corrected chi connectivity index (χ3v) is 6.28. The first kappa shape index (κ1) is 51.6. The molecule has 37 heavy (non-hydrogen) atoms. The summed E-state index contributed by atoms with van der Waals surface area (Å²) in [5.41, 5.74) is 0. The van der Waals surface area contributed by atoms with E-state index in [0.29, 0.717) is 0 Å². The standard InChI is InChI=1S/C28H58O.3K.H3O4P/c1-3-5-7-9-11-13-15-17-19-21-23-25-27-29-28-26-24-22-20-18-16-14-12-10-8-6-4-2;;;;1-5(2,3)4/h3-28H2,1-2H3;;;;(H3,1,2,3,4)/q;3*+1;/p-3. The van der Waals surface area contributed by atoms with Gasteiger partial charge in [-0.1, -0.05) is 155 Å². The second-order valence-electron chi connectivity index (χ2n) is 9.84. The van der Waals surface area contributed by atoms with Gasteiger partial charge in [0.05, 0.1) is 0 Å². The molecule has 0 unspecified atom stereocenters. The maximum Gasteiger partial charge on any atom is 1.00 e. The Morgan fingerprint density at radius 3 is 0.757 bits per heavy atom. The van der Waals surface area contributed by atoms with Crippen molar-refractivity contribution in [1.29, 1.82) is 0 Å². The van der Waals surface area contributed by atoms with Crippen LogP contribution in [0.25, 0.3) is 0 Å². The van der Waals surface area contributed by atoms with Gasteiger partial charge in [-0.2, -0.15) is 7.82 Å². The zero-order valence-corrected chi connectivity index (χ0v) is 36.1. The third-order valence-electron chi connectivity index (χ3n) is 6.28. The molecule has 9 heteroatoms. The zero-order chi connectivity index (χ0) is 25.6. The summed E-state index contributed by atoms with van der Waals surface area (Å²) in [5, 5.41) is 0.